The number of ether oxygens (including phenoxy) is 1. The fourth-order valence-electron chi connectivity index (χ4n) is 0.279. The number of hydrogen-bond donors (Lipinski definition) is 2. The van der Waals surface area contributed by atoms with E-state index >= 15 is 0 Å². The molecule has 0 saturated carbocycles. The zero-order valence-corrected chi connectivity index (χ0v) is 5.16. The molecule has 2 N–H and O–H groups in total. The van der Waals surface area contributed by atoms with Gasteiger partial charge >= 0.3 is 0 Å². The molecule has 50 valence electrons. The van der Waals surface area contributed by atoms with Gasteiger partial charge in [-0.05, 0) is 5.92 Å². The van der Waals surface area contributed by atoms with E-state index in [1.807, 2.05) is 13.8 Å². The topological polar surface area (TPSA) is 49.7 Å². The van der Waals surface area contributed by atoms with E-state index in [1.54, 1.807) is 0 Å². The highest BCUT2D eigenvalue weighted by atomic mass is 16.7. The molecular formula is C5H12O3. The van der Waals surface area contributed by atoms with Gasteiger partial charge in [0.25, 0.3) is 6.48 Å². The summed E-state index contributed by atoms with van der Waals surface area (Å²) < 4.78 is 4.41. The molecule has 0 aromatic heterocycles. The number of aliphatic hydroxyl groups excluding tert-OH is 1. The van der Waals surface area contributed by atoms with Gasteiger partial charge in [-0.3, -0.25) is 0 Å². The van der Waals surface area contributed by atoms with Gasteiger partial charge in [0.2, 0.25) is 0 Å². The lowest BCUT2D eigenvalue weighted by Gasteiger charge is -2.06. The van der Waals surface area contributed by atoms with E-state index < -0.39 is 6.48 Å². The summed E-state index contributed by atoms with van der Waals surface area (Å²) in [5, 5.41) is 16.3. The third-order valence-electron chi connectivity index (χ3n) is 0.579. The first-order chi connectivity index (χ1) is 3.63. The molecule has 0 radical (unpaired) electrons. The van der Waals surface area contributed by atoms with E-state index in [-0.39, 0.29) is 0 Å². The Kier molecular flexibility index (Phi) is 3.77. The molecule has 0 bridgehead atoms. The number of rotatable bonds is 3. The Hall–Kier alpha value is -0.120. The molecule has 8 heavy (non-hydrogen) atoms. The predicted octanol–water partition coefficient (Wildman–Crippen LogP) is -0.0728. The Morgan fingerprint density at radius 3 is 2.00 bits per heavy atom. The van der Waals surface area contributed by atoms with Gasteiger partial charge in [0.05, 0.1) is 6.61 Å². The standard InChI is InChI=1S/C5H12O3/c1-4(2)3-8-5(6)7/h4-7H,3H2,1-2H3. The molecular weight excluding hydrogens is 108 g/mol. The van der Waals surface area contributed by atoms with Crippen LogP contribution < -0.4 is 0 Å². The monoisotopic (exact) mass is 120 g/mol. The van der Waals surface area contributed by atoms with E-state index in [9.17, 15) is 0 Å². The van der Waals surface area contributed by atoms with Crippen LogP contribution in [0.25, 0.3) is 0 Å². The van der Waals surface area contributed by atoms with Gasteiger partial charge in [-0.2, -0.15) is 0 Å². The third-order valence-corrected chi connectivity index (χ3v) is 0.579. The summed E-state index contributed by atoms with van der Waals surface area (Å²) >= 11 is 0. The van der Waals surface area contributed by atoms with Crippen molar-refractivity contribution in [2.75, 3.05) is 6.61 Å². The summed E-state index contributed by atoms with van der Waals surface area (Å²) in [7, 11) is 0. The van der Waals surface area contributed by atoms with Gasteiger partial charge in [0.1, 0.15) is 0 Å². The molecule has 3 nitrogen and oxygen atoms in total. The Bertz CT molecular complexity index is 43.6. The summed E-state index contributed by atoms with van der Waals surface area (Å²) in [6.45, 7) is 2.64. The lowest BCUT2D eigenvalue weighted by atomic mass is 10.2. The van der Waals surface area contributed by atoms with Crippen LogP contribution in [-0.4, -0.2) is 23.3 Å². The van der Waals surface area contributed by atoms with Crippen LogP contribution in [0.1, 0.15) is 13.8 Å². The smallest absolute Gasteiger partial charge is 0.266 e. The Labute approximate surface area is 48.9 Å². The molecule has 0 unspecified atom stereocenters. The van der Waals surface area contributed by atoms with Gasteiger partial charge in [-0.25, -0.2) is 0 Å². The maximum Gasteiger partial charge on any atom is 0.266 e. The molecule has 3 heteroatoms. The van der Waals surface area contributed by atoms with Crippen LogP contribution in [0.4, 0.5) is 0 Å². The first kappa shape index (κ1) is 7.88. The minimum absolute atomic E-state index is 0.344. The van der Waals surface area contributed by atoms with Crippen molar-refractivity contribution in [2.24, 2.45) is 5.92 Å². The predicted molar refractivity (Wildman–Crippen MR) is 29.0 cm³/mol. The largest absolute Gasteiger partial charge is 0.346 e. The Balaban J connectivity index is 2.93. The normalized spacial score (nSPS) is 11.2. The van der Waals surface area contributed by atoms with E-state index in [0.29, 0.717) is 12.5 Å². The van der Waals surface area contributed by atoms with Gasteiger partial charge in [0.15, 0.2) is 0 Å². The average molecular weight is 120 g/mol. The molecule has 0 aliphatic heterocycles. The molecule has 0 heterocycles. The first-order valence-electron chi connectivity index (χ1n) is 2.60. The SMILES string of the molecule is CC(C)COC(O)O. The van der Waals surface area contributed by atoms with Crippen molar-refractivity contribution in [1.82, 2.24) is 0 Å². The van der Waals surface area contributed by atoms with Crippen LogP contribution in [-0.2, 0) is 4.74 Å². The average Bonchev–Trinajstić information content (AvgIpc) is 1.61. The highest BCUT2D eigenvalue weighted by Crippen LogP contribution is 1.92. The summed E-state index contributed by atoms with van der Waals surface area (Å²) in [5.74, 6) is 0.344. The lowest BCUT2D eigenvalue weighted by Crippen LogP contribution is -2.13. The van der Waals surface area contributed by atoms with Crippen molar-refractivity contribution >= 4 is 0 Å². The van der Waals surface area contributed by atoms with Crippen molar-refractivity contribution in [3.63, 3.8) is 0 Å². The van der Waals surface area contributed by atoms with Gasteiger partial charge in [-0.15, -0.1) is 0 Å². The molecule has 0 amide bonds. The van der Waals surface area contributed by atoms with E-state index in [2.05, 4.69) is 4.74 Å². The van der Waals surface area contributed by atoms with Gasteiger partial charge < -0.3 is 14.9 Å². The Morgan fingerprint density at radius 1 is 1.38 bits per heavy atom. The maximum atomic E-state index is 8.13. The third kappa shape index (κ3) is 5.88. The first-order valence-corrected chi connectivity index (χ1v) is 2.60. The molecule has 0 fully saturated rings. The molecule has 0 aromatic rings. The zero-order valence-electron chi connectivity index (χ0n) is 5.16. The Morgan fingerprint density at radius 2 is 1.88 bits per heavy atom. The van der Waals surface area contributed by atoms with Crippen molar-refractivity contribution < 1.29 is 14.9 Å². The number of aliphatic hydroxyl groups is 2. The van der Waals surface area contributed by atoms with E-state index in [1.165, 1.54) is 0 Å². The minimum Gasteiger partial charge on any atom is -0.346 e. The van der Waals surface area contributed by atoms with Crippen LogP contribution in [0.15, 0.2) is 0 Å². The molecule has 0 aliphatic rings. The molecule has 0 aromatic carbocycles. The van der Waals surface area contributed by atoms with Crippen molar-refractivity contribution in [1.29, 1.82) is 0 Å². The zero-order chi connectivity index (χ0) is 6.57. The molecule has 0 spiro atoms. The second-order valence-corrected chi connectivity index (χ2v) is 2.05. The van der Waals surface area contributed by atoms with Crippen LogP contribution in [0.3, 0.4) is 0 Å². The highest BCUT2D eigenvalue weighted by molar-refractivity contribution is 4.36. The molecule has 0 atom stereocenters. The van der Waals surface area contributed by atoms with Crippen LogP contribution in [0.5, 0.6) is 0 Å². The summed E-state index contributed by atoms with van der Waals surface area (Å²) in [5.41, 5.74) is 0. The summed E-state index contributed by atoms with van der Waals surface area (Å²) in [4.78, 5) is 0. The van der Waals surface area contributed by atoms with Gasteiger partial charge in [-0.1, -0.05) is 13.8 Å². The fourth-order valence-corrected chi connectivity index (χ4v) is 0.279. The van der Waals surface area contributed by atoms with Crippen LogP contribution in [0.2, 0.25) is 0 Å². The molecule has 0 rings (SSSR count). The summed E-state index contributed by atoms with van der Waals surface area (Å²) in [6, 6.07) is 0. The van der Waals surface area contributed by atoms with Crippen molar-refractivity contribution in [2.45, 2.75) is 20.3 Å². The molecule has 0 aliphatic carbocycles. The second kappa shape index (κ2) is 3.83. The quantitative estimate of drug-likeness (QED) is 0.512. The number of hydrogen-bond acceptors (Lipinski definition) is 3. The van der Waals surface area contributed by atoms with Crippen molar-refractivity contribution in [3.05, 3.63) is 0 Å². The van der Waals surface area contributed by atoms with E-state index in [0.717, 1.165) is 0 Å². The van der Waals surface area contributed by atoms with Crippen LogP contribution >= 0.6 is 0 Å². The van der Waals surface area contributed by atoms with Gasteiger partial charge in [0, 0.05) is 0 Å². The lowest BCUT2D eigenvalue weighted by molar-refractivity contribution is -0.237. The highest BCUT2D eigenvalue weighted by Gasteiger charge is 1.97. The fraction of sp³-hybridized carbons (Fsp3) is 1.00. The van der Waals surface area contributed by atoms with E-state index in [4.69, 9.17) is 10.2 Å². The maximum absolute atomic E-state index is 8.13. The van der Waals surface area contributed by atoms with Crippen molar-refractivity contribution in [3.8, 4) is 0 Å². The molecule has 0 saturated heterocycles. The minimum atomic E-state index is -1.61. The second-order valence-electron chi connectivity index (χ2n) is 2.05. The van der Waals surface area contributed by atoms with Crippen LogP contribution in [0, 0.1) is 5.92 Å². The summed E-state index contributed by atoms with van der Waals surface area (Å²) in [6.07, 6.45) is 0.